The number of hydrogen-bond donors (Lipinski definition) is 0. The van der Waals surface area contributed by atoms with Gasteiger partial charge in [0.25, 0.3) is 0 Å². The highest BCUT2D eigenvalue weighted by Gasteiger charge is 2.25. The fourth-order valence-electron chi connectivity index (χ4n) is 1.28. The standard InChI is InChI=1S/C11H11BrClNO5/c1-3-18-11(15)6(2)19-10-8(12)4-7(13)5-9(10)14(16)17/h4-6H,3H2,1-2H3. The molecule has 19 heavy (non-hydrogen) atoms. The maximum atomic E-state index is 11.4. The van der Waals surface area contributed by atoms with E-state index in [9.17, 15) is 14.9 Å². The number of esters is 1. The van der Waals surface area contributed by atoms with E-state index >= 15 is 0 Å². The summed E-state index contributed by atoms with van der Waals surface area (Å²) in [4.78, 5) is 21.7. The van der Waals surface area contributed by atoms with Gasteiger partial charge >= 0.3 is 11.7 Å². The summed E-state index contributed by atoms with van der Waals surface area (Å²) in [6.07, 6.45) is -0.962. The monoisotopic (exact) mass is 351 g/mol. The molecule has 104 valence electrons. The highest BCUT2D eigenvalue weighted by atomic mass is 79.9. The van der Waals surface area contributed by atoms with Crippen LogP contribution in [0.4, 0.5) is 5.69 Å². The summed E-state index contributed by atoms with van der Waals surface area (Å²) in [5.74, 6) is -0.659. The summed E-state index contributed by atoms with van der Waals surface area (Å²) in [6.45, 7) is 3.31. The van der Waals surface area contributed by atoms with Gasteiger partial charge in [-0.3, -0.25) is 10.1 Å². The minimum absolute atomic E-state index is 0.0602. The number of carbonyl (C=O) groups is 1. The third-order valence-corrected chi connectivity index (χ3v) is 2.91. The summed E-state index contributed by atoms with van der Waals surface area (Å²) >= 11 is 8.85. The van der Waals surface area contributed by atoms with E-state index in [4.69, 9.17) is 21.1 Å². The number of ether oxygens (including phenoxy) is 2. The lowest BCUT2D eigenvalue weighted by Gasteiger charge is -2.14. The molecule has 0 saturated heterocycles. The minimum atomic E-state index is -0.962. The summed E-state index contributed by atoms with van der Waals surface area (Å²) < 4.78 is 10.3. The topological polar surface area (TPSA) is 78.7 Å². The van der Waals surface area contributed by atoms with Crippen LogP contribution in [-0.2, 0) is 9.53 Å². The zero-order valence-electron chi connectivity index (χ0n) is 10.2. The van der Waals surface area contributed by atoms with E-state index in [2.05, 4.69) is 15.9 Å². The average molecular weight is 353 g/mol. The molecule has 0 aliphatic rings. The molecule has 1 rings (SSSR count). The van der Waals surface area contributed by atoms with Gasteiger partial charge < -0.3 is 9.47 Å². The number of nitrogens with zero attached hydrogens (tertiary/aromatic N) is 1. The van der Waals surface area contributed by atoms with Crippen LogP contribution in [0.3, 0.4) is 0 Å². The van der Waals surface area contributed by atoms with Gasteiger partial charge in [0.2, 0.25) is 5.75 Å². The van der Waals surface area contributed by atoms with E-state index in [0.717, 1.165) is 6.07 Å². The van der Waals surface area contributed by atoms with Crippen molar-refractivity contribution < 1.29 is 19.2 Å². The molecule has 6 nitrogen and oxygen atoms in total. The second-order valence-electron chi connectivity index (χ2n) is 3.51. The fraction of sp³-hybridized carbons (Fsp3) is 0.364. The van der Waals surface area contributed by atoms with Crippen molar-refractivity contribution in [1.29, 1.82) is 0 Å². The molecule has 1 aromatic rings. The van der Waals surface area contributed by atoms with Crippen LogP contribution in [0.5, 0.6) is 5.75 Å². The zero-order valence-corrected chi connectivity index (χ0v) is 12.5. The molecule has 0 heterocycles. The number of nitro benzene ring substituents is 1. The Hall–Kier alpha value is -1.34. The Balaban J connectivity index is 3.06. The molecule has 0 saturated carbocycles. The Kier molecular flexibility index (Phi) is 5.56. The summed E-state index contributed by atoms with van der Waals surface area (Å²) in [6, 6.07) is 2.60. The van der Waals surface area contributed by atoms with Crippen molar-refractivity contribution in [1.82, 2.24) is 0 Å². The Morgan fingerprint density at radius 3 is 2.74 bits per heavy atom. The normalized spacial score (nSPS) is 11.8. The first-order valence-corrected chi connectivity index (χ1v) is 6.50. The maximum absolute atomic E-state index is 11.4. The Labute approximate surface area is 122 Å². The van der Waals surface area contributed by atoms with Crippen LogP contribution in [0.1, 0.15) is 13.8 Å². The van der Waals surface area contributed by atoms with Gasteiger partial charge in [0, 0.05) is 11.1 Å². The molecule has 0 bridgehead atoms. The van der Waals surface area contributed by atoms with E-state index in [1.165, 1.54) is 13.0 Å². The predicted molar refractivity (Wildman–Crippen MR) is 72.5 cm³/mol. The first-order valence-electron chi connectivity index (χ1n) is 5.33. The molecule has 0 amide bonds. The quantitative estimate of drug-likeness (QED) is 0.461. The lowest BCUT2D eigenvalue weighted by Crippen LogP contribution is -2.26. The number of benzene rings is 1. The van der Waals surface area contributed by atoms with E-state index in [0.29, 0.717) is 4.47 Å². The number of hydrogen-bond acceptors (Lipinski definition) is 5. The van der Waals surface area contributed by atoms with Crippen molar-refractivity contribution in [2.45, 2.75) is 20.0 Å². The number of rotatable bonds is 5. The average Bonchev–Trinajstić information content (AvgIpc) is 2.32. The van der Waals surface area contributed by atoms with Gasteiger partial charge in [0.1, 0.15) is 0 Å². The molecule has 0 radical (unpaired) electrons. The van der Waals surface area contributed by atoms with Gasteiger partial charge in [-0.15, -0.1) is 0 Å². The lowest BCUT2D eigenvalue weighted by molar-refractivity contribution is -0.386. The van der Waals surface area contributed by atoms with Crippen LogP contribution in [0.25, 0.3) is 0 Å². The minimum Gasteiger partial charge on any atom is -0.471 e. The summed E-state index contributed by atoms with van der Waals surface area (Å²) in [5, 5.41) is 11.1. The lowest BCUT2D eigenvalue weighted by atomic mass is 10.3. The van der Waals surface area contributed by atoms with Crippen LogP contribution in [-0.4, -0.2) is 23.6 Å². The Morgan fingerprint density at radius 2 is 2.21 bits per heavy atom. The molecule has 1 atom stereocenters. The zero-order chi connectivity index (χ0) is 14.6. The van der Waals surface area contributed by atoms with Gasteiger partial charge in [-0.2, -0.15) is 0 Å². The highest BCUT2D eigenvalue weighted by Crippen LogP contribution is 2.38. The van der Waals surface area contributed by atoms with Crippen molar-refractivity contribution in [2.24, 2.45) is 0 Å². The predicted octanol–water partition coefficient (Wildman–Crippen LogP) is 3.34. The van der Waals surface area contributed by atoms with Crippen LogP contribution >= 0.6 is 27.5 Å². The van der Waals surface area contributed by atoms with Gasteiger partial charge in [0.05, 0.1) is 16.0 Å². The highest BCUT2D eigenvalue weighted by molar-refractivity contribution is 9.10. The Morgan fingerprint density at radius 1 is 1.58 bits per heavy atom. The molecule has 0 aliphatic heterocycles. The van der Waals surface area contributed by atoms with Gasteiger partial charge in [-0.1, -0.05) is 11.6 Å². The largest absolute Gasteiger partial charge is 0.471 e. The molecule has 0 aliphatic carbocycles. The third-order valence-electron chi connectivity index (χ3n) is 2.10. The molecule has 0 N–H and O–H groups in total. The van der Waals surface area contributed by atoms with Crippen LogP contribution in [0, 0.1) is 10.1 Å². The smallest absolute Gasteiger partial charge is 0.347 e. The summed E-state index contributed by atoms with van der Waals surface area (Å²) in [5.41, 5.74) is -0.324. The number of halogens is 2. The van der Waals surface area contributed by atoms with Crippen molar-refractivity contribution in [3.05, 3.63) is 31.7 Å². The van der Waals surface area contributed by atoms with Gasteiger partial charge in [-0.05, 0) is 35.8 Å². The van der Waals surface area contributed by atoms with E-state index < -0.39 is 17.0 Å². The van der Waals surface area contributed by atoms with Crippen LogP contribution < -0.4 is 4.74 Å². The van der Waals surface area contributed by atoms with Gasteiger partial charge in [0.15, 0.2) is 6.10 Å². The first-order chi connectivity index (χ1) is 8.86. The second kappa shape index (κ2) is 6.72. The van der Waals surface area contributed by atoms with E-state index in [1.54, 1.807) is 6.92 Å². The van der Waals surface area contributed by atoms with Crippen molar-refractivity contribution in [3.63, 3.8) is 0 Å². The number of nitro groups is 1. The van der Waals surface area contributed by atoms with E-state index in [1.807, 2.05) is 0 Å². The van der Waals surface area contributed by atoms with Gasteiger partial charge in [-0.25, -0.2) is 4.79 Å². The van der Waals surface area contributed by atoms with Crippen LogP contribution in [0.2, 0.25) is 5.02 Å². The number of carbonyl (C=O) groups excluding carboxylic acids is 1. The first kappa shape index (κ1) is 15.7. The summed E-state index contributed by atoms with van der Waals surface area (Å²) in [7, 11) is 0. The molecule has 0 aromatic heterocycles. The fourth-order valence-corrected chi connectivity index (χ4v) is 2.17. The second-order valence-corrected chi connectivity index (χ2v) is 4.80. The molecule has 0 fully saturated rings. The van der Waals surface area contributed by atoms with E-state index in [-0.39, 0.29) is 23.1 Å². The van der Waals surface area contributed by atoms with Crippen molar-refractivity contribution in [3.8, 4) is 5.75 Å². The maximum Gasteiger partial charge on any atom is 0.347 e. The van der Waals surface area contributed by atoms with Crippen molar-refractivity contribution in [2.75, 3.05) is 6.61 Å². The molecular formula is C11H11BrClNO5. The Bertz CT molecular complexity index is 508. The SMILES string of the molecule is CCOC(=O)C(C)Oc1c(Br)cc(Cl)cc1[N+](=O)[O-]. The third kappa shape index (κ3) is 4.07. The molecular weight excluding hydrogens is 341 g/mol. The van der Waals surface area contributed by atoms with Crippen molar-refractivity contribution >= 4 is 39.2 Å². The molecule has 8 heteroatoms. The molecule has 1 aromatic carbocycles. The van der Waals surface area contributed by atoms with Crippen LogP contribution in [0.15, 0.2) is 16.6 Å². The molecule has 0 spiro atoms. The molecule has 1 unspecified atom stereocenters.